The predicted molar refractivity (Wildman–Crippen MR) is 105 cm³/mol. The lowest BCUT2D eigenvalue weighted by Crippen LogP contribution is -2.36. The number of nitrogens with zero attached hydrogens (tertiary/aromatic N) is 1. The highest BCUT2D eigenvalue weighted by molar-refractivity contribution is 5.94. The van der Waals surface area contributed by atoms with Gasteiger partial charge in [0.2, 0.25) is 5.91 Å². The Balaban J connectivity index is 1.50. The first-order chi connectivity index (χ1) is 12.8. The third-order valence-corrected chi connectivity index (χ3v) is 5.77. The van der Waals surface area contributed by atoms with Crippen molar-refractivity contribution in [3.63, 3.8) is 0 Å². The zero-order valence-electron chi connectivity index (χ0n) is 16.5. The minimum atomic E-state index is -0.710. The van der Waals surface area contributed by atoms with Crippen molar-refractivity contribution in [3.8, 4) is 0 Å². The molecule has 1 aromatic carbocycles. The molecule has 5 nitrogen and oxygen atoms in total. The Morgan fingerprint density at radius 2 is 2.04 bits per heavy atom. The summed E-state index contributed by atoms with van der Waals surface area (Å²) in [5.41, 5.74) is 0.979. The average Bonchev–Trinajstić information content (AvgIpc) is 3.27. The van der Waals surface area contributed by atoms with E-state index in [1.54, 1.807) is 13.8 Å². The molecule has 1 aliphatic carbocycles. The third-order valence-electron chi connectivity index (χ3n) is 5.77. The van der Waals surface area contributed by atoms with Gasteiger partial charge in [-0.25, -0.2) is 0 Å². The maximum absolute atomic E-state index is 12.5. The van der Waals surface area contributed by atoms with Crippen LogP contribution >= 0.6 is 0 Å². The van der Waals surface area contributed by atoms with E-state index in [9.17, 15) is 14.7 Å². The number of amides is 2. The lowest BCUT2D eigenvalue weighted by atomic mass is 9.98. The summed E-state index contributed by atoms with van der Waals surface area (Å²) in [6, 6.07) is 8.00. The van der Waals surface area contributed by atoms with Crippen LogP contribution < -0.4 is 5.32 Å². The van der Waals surface area contributed by atoms with Gasteiger partial charge in [-0.1, -0.05) is 25.0 Å². The maximum Gasteiger partial charge on any atom is 0.251 e. The summed E-state index contributed by atoms with van der Waals surface area (Å²) < 4.78 is 0. The Kier molecular flexibility index (Phi) is 6.20. The third kappa shape index (κ3) is 5.55. The largest absolute Gasteiger partial charge is 0.390 e. The van der Waals surface area contributed by atoms with Crippen LogP contribution in [0.2, 0.25) is 0 Å². The topological polar surface area (TPSA) is 69.6 Å². The minimum Gasteiger partial charge on any atom is -0.390 e. The molecule has 2 N–H and O–H groups in total. The first-order valence-electron chi connectivity index (χ1n) is 10.2. The van der Waals surface area contributed by atoms with Crippen LogP contribution in [0.4, 0.5) is 0 Å². The monoisotopic (exact) mass is 372 g/mol. The summed E-state index contributed by atoms with van der Waals surface area (Å²) in [6.07, 6.45) is 6.63. The molecule has 1 saturated heterocycles. The number of hydrogen-bond donors (Lipinski definition) is 2. The summed E-state index contributed by atoms with van der Waals surface area (Å²) in [5.74, 6) is 0.363. The van der Waals surface area contributed by atoms with E-state index in [0.29, 0.717) is 31.0 Å². The molecule has 0 radical (unpaired) electrons. The molecule has 5 heteroatoms. The van der Waals surface area contributed by atoms with Crippen LogP contribution in [0.5, 0.6) is 0 Å². The Hall–Kier alpha value is -1.88. The molecule has 0 unspecified atom stereocenters. The predicted octanol–water partition coefficient (Wildman–Crippen LogP) is 2.91. The first-order valence-corrected chi connectivity index (χ1v) is 10.2. The number of carbonyl (C=O) groups excluding carboxylic acids is 2. The summed E-state index contributed by atoms with van der Waals surface area (Å²) >= 11 is 0. The number of aryl methyl sites for hydroxylation is 1. The van der Waals surface area contributed by atoms with Crippen molar-refractivity contribution in [3.05, 3.63) is 35.4 Å². The van der Waals surface area contributed by atoms with Crippen molar-refractivity contribution in [2.24, 2.45) is 5.92 Å². The number of aliphatic hydroxyl groups is 1. The van der Waals surface area contributed by atoms with Crippen LogP contribution in [0.15, 0.2) is 24.3 Å². The van der Waals surface area contributed by atoms with E-state index in [4.69, 9.17) is 0 Å². The van der Waals surface area contributed by atoms with Gasteiger partial charge in [0.25, 0.3) is 5.91 Å². The second kappa shape index (κ2) is 8.42. The van der Waals surface area contributed by atoms with E-state index >= 15 is 0 Å². The van der Waals surface area contributed by atoms with Crippen molar-refractivity contribution in [1.82, 2.24) is 10.2 Å². The first kappa shape index (κ1) is 19.9. The van der Waals surface area contributed by atoms with Crippen molar-refractivity contribution in [2.45, 2.75) is 70.4 Å². The molecule has 148 valence electrons. The SMILES string of the molecule is CC(C)(O)CCc1cccc(C(=O)NC[C@H]2CC(=O)N(C3CCCC3)C2)c1. The van der Waals surface area contributed by atoms with Crippen LogP contribution in [0.3, 0.4) is 0 Å². The summed E-state index contributed by atoms with van der Waals surface area (Å²) in [5, 5.41) is 12.9. The highest BCUT2D eigenvalue weighted by atomic mass is 16.3. The highest BCUT2D eigenvalue weighted by Gasteiger charge is 2.35. The van der Waals surface area contributed by atoms with Crippen LogP contribution in [0.25, 0.3) is 0 Å². The zero-order chi connectivity index (χ0) is 19.4. The molecule has 1 aliphatic heterocycles. The van der Waals surface area contributed by atoms with E-state index in [-0.39, 0.29) is 17.7 Å². The number of rotatable bonds is 7. The van der Waals surface area contributed by atoms with Gasteiger partial charge in [-0.15, -0.1) is 0 Å². The number of benzene rings is 1. The highest BCUT2D eigenvalue weighted by Crippen LogP contribution is 2.29. The van der Waals surface area contributed by atoms with Gasteiger partial charge in [-0.05, 0) is 57.2 Å². The van der Waals surface area contributed by atoms with Crippen molar-refractivity contribution in [2.75, 3.05) is 13.1 Å². The van der Waals surface area contributed by atoms with Gasteiger partial charge in [0.15, 0.2) is 0 Å². The Labute approximate surface area is 162 Å². The van der Waals surface area contributed by atoms with Gasteiger partial charge in [0, 0.05) is 37.0 Å². The van der Waals surface area contributed by atoms with Gasteiger partial charge in [0.1, 0.15) is 0 Å². The molecule has 1 atom stereocenters. The molecule has 2 amide bonds. The summed E-state index contributed by atoms with van der Waals surface area (Å²) in [7, 11) is 0. The van der Waals surface area contributed by atoms with Crippen LogP contribution in [-0.2, 0) is 11.2 Å². The van der Waals surface area contributed by atoms with E-state index in [0.717, 1.165) is 31.4 Å². The molecule has 1 saturated carbocycles. The standard InChI is InChI=1S/C22H32N2O3/c1-22(2,27)11-10-16-6-5-7-18(12-16)21(26)23-14-17-13-20(25)24(15-17)19-8-3-4-9-19/h5-7,12,17,19,27H,3-4,8-11,13-15H2,1-2H3,(H,23,26)/t17-/m1/s1. The summed E-state index contributed by atoms with van der Waals surface area (Å²) in [4.78, 5) is 26.8. The molecule has 1 aromatic rings. The molecular weight excluding hydrogens is 340 g/mol. The molecule has 2 aliphatic rings. The molecular formula is C22H32N2O3. The van der Waals surface area contributed by atoms with Crippen molar-refractivity contribution in [1.29, 1.82) is 0 Å². The van der Waals surface area contributed by atoms with Gasteiger partial charge >= 0.3 is 0 Å². The Bertz CT molecular complexity index is 674. The molecule has 3 rings (SSSR count). The van der Waals surface area contributed by atoms with Crippen LogP contribution in [0.1, 0.15) is 68.3 Å². The lowest BCUT2D eigenvalue weighted by molar-refractivity contribution is -0.129. The van der Waals surface area contributed by atoms with Gasteiger partial charge < -0.3 is 15.3 Å². The number of nitrogens with one attached hydrogen (secondary N) is 1. The van der Waals surface area contributed by atoms with E-state index < -0.39 is 5.60 Å². The van der Waals surface area contributed by atoms with E-state index in [1.165, 1.54) is 12.8 Å². The minimum absolute atomic E-state index is 0.0909. The van der Waals surface area contributed by atoms with Gasteiger partial charge in [0.05, 0.1) is 5.60 Å². The fraction of sp³-hybridized carbons (Fsp3) is 0.636. The Morgan fingerprint density at radius 3 is 2.74 bits per heavy atom. The second-order valence-corrected chi connectivity index (χ2v) is 8.78. The fourth-order valence-corrected chi connectivity index (χ4v) is 4.17. The molecule has 0 aromatic heterocycles. The lowest BCUT2D eigenvalue weighted by Gasteiger charge is -2.24. The molecule has 0 bridgehead atoms. The van der Waals surface area contributed by atoms with Gasteiger partial charge in [-0.2, -0.15) is 0 Å². The summed E-state index contributed by atoms with van der Waals surface area (Å²) in [6.45, 7) is 4.90. The van der Waals surface area contributed by atoms with Crippen LogP contribution in [0, 0.1) is 5.92 Å². The number of hydrogen-bond acceptors (Lipinski definition) is 3. The smallest absolute Gasteiger partial charge is 0.251 e. The molecule has 0 spiro atoms. The molecule has 2 fully saturated rings. The van der Waals surface area contributed by atoms with E-state index in [2.05, 4.69) is 5.32 Å². The zero-order valence-corrected chi connectivity index (χ0v) is 16.5. The normalized spacial score (nSPS) is 21.1. The quantitative estimate of drug-likeness (QED) is 0.773. The average molecular weight is 373 g/mol. The fourth-order valence-electron chi connectivity index (χ4n) is 4.17. The molecule has 27 heavy (non-hydrogen) atoms. The van der Waals surface area contributed by atoms with Gasteiger partial charge in [-0.3, -0.25) is 9.59 Å². The maximum atomic E-state index is 12.5. The molecule has 1 heterocycles. The van der Waals surface area contributed by atoms with Crippen LogP contribution in [-0.4, -0.2) is 46.6 Å². The van der Waals surface area contributed by atoms with Crippen molar-refractivity contribution >= 4 is 11.8 Å². The van der Waals surface area contributed by atoms with Crippen molar-refractivity contribution < 1.29 is 14.7 Å². The number of likely N-dealkylation sites (tertiary alicyclic amines) is 1. The second-order valence-electron chi connectivity index (χ2n) is 8.78. The number of carbonyl (C=O) groups is 2. The van der Waals surface area contributed by atoms with E-state index in [1.807, 2.05) is 29.2 Å². The Morgan fingerprint density at radius 1 is 1.30 bits per heavy atom.